The number of ketones is 1. The molecular weight excluding hydrogens is 524 g/mol. The summed E-state index contributed by atoms with van der Waals surface area (Å²) in [5.74, 6) is -0.611. The van der Waals surface area contributed by atoms with E-state index in [-0.39, 0.29) is 35.6 Å². The lowest BCUT2D eigenvalue weighted by Gasteiger charge is -2.57. The first-order valence-electron chi connectivity index (χ1n) is 15.6. The van der Waals surface area contributed by atoms with E-state index in [1.165, 1.54) is 12.5 Å². The first kappa shape index (κ1) is 31.2. The van der Waals surface area contributed by atoms with Crippen LogP contribution in [0.1, 0.15) is 111 Å². The average molecular weight is 573 g/mol. The van der Waals surface area contributed by atoms with Gasteiger partial charge in [0.05, 0.1) is 6.42 Å². The van der Waals surface area contributed by atoms with Gasteiger partial charge in [0.15, 0.2) is 5.78 Å². The van der Waals surface area contributed by atoms with Gasteiger partial charge in [-0.25, -0.2) is 4.79 Å². The van der Waals surface area contributed by atoms with Crippen molar-refractivity contribution in [2.24, 2.45) is 28.6 Å². The molecule has 8 atom stereocenters. The molecule has 0 bridgehead atoms. The highest BCUT2D eigenvalue weighted by Gasteiger charge is 2.60. The van der Waals surface area contributed by atoms with Crippen molar-refractivity contribution in [2.75, 3.05) is 0 Å². The Balaban J connectivity index is 1.26. The van der Waals surface area contributed by atoms with Gasteiger partial charge in [0, 0.05) is 18.3 Å². The fourth-order valence-electron chi connectivity index (χ4n) is 8.48. The number of ether oxygens (including phenoxy) is 1. The molecule has 4 rings (SSSR count). The Hall–Kier alpha value is -2.71. The van der Waals surface area contributed by atoms with Gasteiger partial charge < -0.3 is 20.5 Å². The molecule has 4 aliphatic carbocycles. The highest BCUT2D eigenvalue weighted by atomic mass is 16.5. The van der Waals surface area contributed by atoms with Crippen molar-refractivity contribution in [1.82, 2.24) is 10.6 Å². The lowest BCUT2D eigenvalue weighted by atomic mass is 9.47. The monoisotopic (exact) mass is 572 g/mol. The number of carboxylic acids is 1. The number of fused-ring (bicyclic) bond motifs is 5. The highest BCUT2D eigenvalue weighted by Crippen LogP contribution is 2.65. The molecule has 2 amide bonds. The Morgan fingerprint density at radius 2 is 1.78 bits per heavy atom. The van der Waals surface area contributed by atoms with Crippen molar-refractivity contribution >= 4 is 29.5 Å². The Kier molecular flexibility index (Phi) is 9.64. The number of allylic oxidation sites excluding steroid dienone is 1. The minimum absolute atomic E-state index is 0.0715. The average Bonchev–Trinajstić information content (AvgIpc) is 3.25. The molecule has 0 aromatic rings. The van der Waals surface area contributed by atoms with Crippen LogP contribution in [0.25, 0.3) is 0 Å². The zero-order valence-corrected chi connectivity index (χ0v) is 25.1. The Bertz CT molecular complexity index is 1090. The summed E-state index contributed by atoms with van der Waals surface area (Å²) in [4.78, 5) is 61.2. The molecule has 0 aliphatic heterocycles. The van der Waals surface area contributed by atoms with Crippen LogP contribution >= 0.6 is 0 Å². The molecule has 0 spiro atoms. The van der Waals surface area contributed by atoms with Crippen molar-refractivity contribution in [3.8, 4) is 0 Å². The molecule has 0 radical (unpaired) electrons. The lowest BCUT2D eigenvalue weighted by Crippen LogP contribution is -2.51. The van der Waals surface area contributed by atoms with Crippen LogP contribution in [0.15, 0.2) is 11.6 Å². The van der Waals surface area contributed by atoms with E-state index in [0.717, 1.165) is 51.4 Å². The van der Waals surface area contributed by atoms with Crippen LogP contribution in [0.2, 0.25) is 0 Å². The number of amides is 2. The van der Waals surface area contributed by atoms with Crippen molar-refractivity contribution in [3.63, 3.8) is 0 Å². The van der Waals surface area contributed by atoms with Crippen LogP contribution in [0.5, 0.6) is 0 Å². The third kappa shape index (κ3) is 6.54. The molecule has 3 fully saturated rings. The molecule has 0 aromatic carbocycles. The number of aliphatic carboxylic acids is 1. The Labute approximate surface area is 243 Å². The van der Waals surface area contributed by atoms with Crippen LogP contribution in [0.4, 0.5) is 0 Å². The first-order valence-corrected chi connectivity index (χ1v) is 15.6. The molecule has 0 heterocycles. The lowest BCUT2D eigenvalue weighted by molar-refractivity contribution is -0.160. The van der Waals surface area contributed by atoms with Crippen molar-refractivity contribution in [3.05, 3.63) is 11.6 Å². The smallest absolute Gasteiger partial charge is 0.326 e. The third-order valence-electron chi connectivity index (χ3n) is 10.9. The van der Waals surface area contributed by atoms with E-state index in [0.29, 0.717) is 37.0 Å². The second kappa shape index (κ2) is 12.7. The van der Waals surface area contributed by atoms with E-state index in [2.05, 4.69) is 24.5 Å². The van der Waals surface area contributed by atoms with Gasteiger partial charge in [-0.1, -0.05) is 39.2 Å². The van der Waals surface area contributed by atoms with Crippen LogP contribution in [0, 0.1) is 28.6 Å². The topological polar surface area (TPSA) is 139 Å². The maximum atomic E-state index is 12.8. The van der Waals surface area contributed by atoms with Gasteiger partial charge in [-0.05, 0) is 87.5 Å². The SMILES string of the molecule is CCCC[C@H](NC(=O)[C@H](C)NC(=O)CCC(=O)O[C@@H]1CC[C@H]2[C@@H]3CCC4=CC(=O)CC[C@]4(C)[C@H]3CC[C@]12C)C(=O)O. The maximum absolute atomic E-state index is 12.8. The first-order chi connectivity index (χ1) is 19.4. The quantitative estimate of drug-likeness (QED) is 0.310. The summed E-state index contributed by atoms with van der Waals surface area (Å²) in [5.41, 5.74) is 1.38. The normalized spacial score (nSPS) is 33.8. The van der Waals surface area contributed by atoms with Crippen LogP contribution in [0.3, 0.4) is 0 Å². The number of carbonyl (C=O) groups is 5. The van der Waals surface area contributed by atoms with Gasteiger partial charge in [0.25, 0.3) is 0 Å². The number of hydrogen-bond donors (Lipinski definition) is 3. The van der Waals surface area contributed by atoms with E-state index in [1.54, 1.807) is 0 Å². The standard InChI is InChI=1S/C32H48N2O7/c1-5-6-7-25(30(39)40)34-29(38)19(2)33-27(36)12-13-28(37)41-26-11-10-23-22-9-8-20-18-21(35)14-16-31(20,3)24(22)15-17-32(23,26)4/h18-19,22-26H,5-17H2,1-4H3,(H,33,36)(H,34,38)(H,39,40)/t19-,22-,23-,24-,25-,26+,31-,32-/m0/s1. The molecule has 4 aliphatic rings. The number of esters is 1. The predicted octanol–water partition coefficient (Wildman–Crippen LogP) is 4.47. The van der Waals surface area contributed by atoms with Gasteiger partial charge in [0.2, 0.25) is 11.8 Å². The van der Waals surface area contributed by atoms with Gasteiger partial charge in [-0.15, -0.1) is 0 Å². The Morgan fingerprint density at radius 3 is 2.49 bits per heavy atom. The van der Waals surface area contributed by atoms with Crippen molar-refractivity contribution < 1.29 is 33.8 Å². The fraction of sp³-hybridized carbons (Fsp3) is 0.781. The van der Waals surface area contributed by atoms with Gasteiger partial charge in [0.1, 0.15) is 18.2 Å². The van der Waals surface area contributed by atoms with Crippen LogP contribution < -0.4 is 10.6 Å². The minimum atomic E-state index is -1.10. The second-order valence-corrected chi connectivity index (χ2v) is 13.4. The molecule has 41 heavy (non-hydrogen) atoms. The zero-order valence-electron chi connectivity index (χ0n) is 25.1. The molecule has 228 valence electrons. The number of carboxylic acid groups (broad SMARTS) is 1. The summed E-state index contributed by atoms with van der Waals surface area (Å²) in [6, 6.07) is -1.91. The third-order valence-corrected chi connectivity index (χ3v) is 10.9. The molecule has 0 unspecified atom stereocenters. The van der Waals surface area contributed by atoms with Gasteiger partial charge >= 0.3 is 11.9 Å². The molecule has 3 saturated carbocycles. The molecular formula is C32H48N2O7. The summed E-state index contributed by atoms with van der Waals surface area (Å²) in [6.45, 7) is 8.07. The van der Waals surface area contributed by atoms with Crippen molar-refractivity contribution in [2.45, 2.75) is 129 Å². The zero-order chi connectivity index (χ0) is 29.9. The maximum Gasteiger partial charge on any atom is 0.326 e. The van der Waals surface area contributed by atoms with Crippen LogP contribution in [-0.2, 0) is 28.7 Å². The summed E-state index contributed by atoms with van der Waals surface area (Å²) >= 11 is 0. The van der Waals surface area contributed by atoms with Gasteiger partial charge in [-0.2, -0.15) is 0 Å². The van der Waals surface area contributed by atoms with E-state index >= 15 is 0 Å². The van der Waals surface area contributed by atoms with E-state index in [9.17, 15) is 29.1 Å². The summed E-state index contributed by atoms with van der Waals surface area (Å²) in [6.07, 6.45) is 11.0. The van der Waals surface area contributed by atoms with Crippen molar-refractivity contribution in [1.29, 1.82) is 0 Å². The molecule has 0 aromatic heterocycles. The number of nitrogens with one attached hydrogen (secondary N) is 2. The van der Waals surface area contributed by atoms with E-state index < -0.39 is 35.8 Å². The number of unbranched alkanes of at least 4 members (excludes halogenated alkanes) is 1. The van der Waals surface area contributed by atoms with Gasteiger partial charge in [-0.3, -0.25) is 19.2 Å². The summed E-state index contributed by atoms with van der Waals surface area (Å²) in [7, 11) is 0. The number of carbonyl (C=O) groups excluding carboxylic acids is 4. The number of hydrogen-bond acceptors (Lipinski definition) is 6. The summed E-state index contributed by atoms with van der Waals surface area (Å²) in [5, 5.41) is 14.4. The van der Waals surface area contributed by atoms with E-state index in [4.69, 9.17) is 4.74 Å². The summed E-state index contributed by atoms with van der Waals surface area (Å²) < 4.78 is 6.01. The molecule has 9 heteroatoms. The minimum Gasteiger partial charge on any atom is -0.480 e. The predicted molar refractivity (Wildman–Crippen MR) is 153 cm³/mol. The highest BCUT2D eigenvalue weighted by molar-refractivity contribution is 5.92. The number of rotatable bonds is 11. The Morgan fingerprint density at radius 1 is 1.02 bits per heavy atom. The van der Waals surface area contributed by atoms with E-state index in [1.807, 2.05) is 13.0 Å². The molecule has 9 nitrogen and oxygen atoms in total. The molecule has 0 saturated heterocycles. The largest absolute Gasteiger partial charge is 0.480 e. The van der Waals surface area contributed by atoms with Crippen LogP contribution in [-0.4, -0.2) is 52.8 Å². The molecule has 3 N–H and O–H groups in total. The fourth-order valence-corrected chi connectivity index (χ4v) is 8.48. The second-order valence-electron chi connectivity index (χ2n) is 13.4.